The SMILES string of the molecule is Nc1ccnc(N2CCC(Oc3cccc(F)c3)(C(=O)O)CC2)n1. The van der Waals surface area contributed by atoms with Gasteiger partial charge in [0.2, 0.25) is 11.5 Å². The molecule has 24 heavy (non-hydrogen) atoms. The van der Waals surface area contributed by atoms with Crippen molar-refractivity contribution < 1.29 is 19.0 Å². The minimum atomic E-state index is -1.40. The maximum absolute atomic E-state index is 13.3. The van der Waals surface area contributed by atoms with Gasteiger partial charge in [0.15, 0.2) is 0 Å². The molecule has 1 saturated heterocycles. The number of carboxylic acid groups (broad SMARTS) is 1. The third-order valence-electron chi connectivity index (χ3n) is 4.02. The third-order valence-corrected chi connectivity index (χ3v) is 4.02. The Kier molecular flexibility index (Phi) is 4.20. The van der Waals surface area contributed by atoms with Crippen molar-refractivity contribution in [3.8, 4) is 5.75 Å². The van der Waals surface area contributed by atoms with Gasteiger partial charge in [0.25, 0.3) is 0 Å². The number of nitrogens with two attached hydrogens (primary N) is 1. The molecule has 1 aromatic carbocycles. The summed E-state index contributed by atoms with van der Waals surface area (Å²) in [5.41, 5.74) is 4.25. The maximum atomic E-state index is 13.3. The Hall–Kier alpha value is -2.90. The monoisotopic (exact) mass is 332 g/mol. The average Bonchev–Trinajstić information content (AvgIpc) is 2.55. The summed E-state index contributed by atoms with van der Waals surface area (Å²) in [7, 11) is 0. The van der Waals surface area contributed by atoms with Gasteiger partial charge in [0.1, 0.15) is 17.4 Å². The molecule has 0 spiro atoms. The van der Waals surface area contributed by atoms with Crippen LogP contribution in [0.5, 0.6) is 5.75 Å². The van der Waals surface area contributed by atoms with Gasteiger partial charge in [-0.3, -0.25) is 0 Å². The molecule has 3 N–H and O–H groups in total. The summed E-state index contributed by atoms with van der Waals surface area (Å²) in [4.78, 5) is 21.9. The Bertz CT molecular complexity index is 748. The average molecular weight is 332 g/mol. The number of hydrogen-bond acceptors (Lipinski definition) is 6. The molecule has 2 heterocycles. The summed E-state index contributed by atoms with van der Waals surface area (Å²) in [6, 6.07) is 7.07. The predicted octanol–water partition coefficient (Wildman–Crippen LogP) is 1.70. The number of nitrogens with zero attached hydrogens (tertiary/aromatic N) is 3. The Labute approximate surface area is 137 Å². The predicted molar refractivity (Wildman–Crippen MR) is 85.3 cm³/mol. The summed E-state index contributed by atoms with van der Waals surface area (Å²) in [6.45, 7) is 0.788. The molecular weight excluding hydrogens is 315 g/mol. The molecule has 126 valence electrons. The fourth-order valence-electron chi connectivity index (χ4n) is 2.70. The first-order chi connectivity index (χ1) is 11.5. The van der Waals surface area contributed by atoms with E-state index in [2.05, 4.69) is 9.97 Å². The standard InChI is InChI=1S/C16H17FN4O3/c17-11-2-1-3-12(10-11)24-16(14(22)23)5-8-21(9-6-16)15-19-7-4-13(18)20-15/h1-4,7,10H,5-6,8-9H2,(H,22,23)(H2,18,19,20). The number of anilines is 2. The second-order valence-electron chi connectivity index (χ2n) is 5.63. The topological polar surface area (TPSA) is 102 Å². The largest absolute Gasteiger partial charge is 0.478 e. The van der Waals surface area contributed by atoms with Crippen molar-refractivity contribution in [2.75, 3.05) is 23.7 Å². The lowest BCUT2D eigenvalue weighted by atomic mass is 9.91. The molecule has 1 fully saturated rings. The second-order valence-corrected chi connectivity index (χ2v) is 5.63. The van der Waals surface area contributed by atoms with Crippen molar-refractivity contribution in [2.45, 2.75) is 18.4 Å². The Balaban J connectivity index is 1.76. The molecule has 0 radical (unpaired) electrons. The van der Waals surface area contributed by atoms with E-state index in [1.165, 1.54) is 18.2 Å². The molecule has 1 aromatic heterocycles. The molecule has 0 saturated carbocycles. The molecule has 8 heteroatoms. The number of carboxylic acids is 1. The number of rotatable bonds is 4. The van der Waals surface area contributed by atoms with E-state index in [0.717, 1.165) is 0 Å². The van der Waals surface area contributed by atoms with E-state index < -0.39 is 17.4 Å². The number of nitrogen functional groups attached to an aromatic ring is 1. The molecular formula is C16H17FN4O3. The van der Waals surface area contributed by atoms with Gasteiger partial charge >= 0.3 is 5.97 Å². The van der Waals surface area contributed by atoms with Crippen LogP contribution in [0.15, 0.2) is 36.5 Å². The van der Waals surface area contributed by atoms with Gasteiger partial charge in [0.05, 0.1) is 0 Å². The molecule has 0 aliphatic carbocycles. The minimum Gasteiger partial charge on any atom is -0.478 e. The van der Waals surface area contributed by atoms with Crippen molar-refractivity contribution >= 4 is 17.7 Å². The van der Waals surface area contributed by atoms with Crippen LogP contribution in [0.4, 0.5) is 16.2 Å². The summed E-state index contributed by atoms with van der Waals surface area (Å²) in [6.07, 6.45) is 1.99. The zero-order valence-electron chi connectivity index (χ0n) is 12.9. The van der Waals surface area contributed by atoms with Crippen LogP contribution < -0.4 is 15.4 Å². The quantitative estimate of drug-likeness (QED) is 0.878. The fourth-order valence-corrected chi connectivity index (χ4v) is 2.70. The molecule has 0 amide bonds. The molecule has 1 aliphatic rings. The molecule has 1 aliphatic heterocycles. The Morgan fingerprint density at radius 2 is 2.08 bits per heavy atom. The molecule has 0 bridgehead atoms. The molecule has 7 nitrogen and oxygen atoms in total. The van der Waals surface area contributed by atoms with Crippen molar-refractivity contribution in [3.63, 3.8) is 0 Å². The number of aromatic nitrogens is 2. The van der Waals surface area contributed by atoms with Gasteiger partial charge in [-0.15, -0.1) is 0 Å². The second kappa shape index (κ2) is 6.31. The third kappa shape index (κ3) is 3.22. The van der Waals surface area contributed by atoms with Crippen molar-refractivity contribution in [1.82, 2.24) is 9.97 Å². The maximum Gasteiger partial charge on any atom is 0.348 e. The van der Waals surface area contributed by atoms with Crippen LogP contribution >= 0.6 is 0 Å². The lowest BCUT2D eigenvalue weighted by molar-refractivity contribution is -0.157. The van der Waals surface area contributed by atoms with Crippen LogP contribution in [0.25, 0.3) is 0 Å². The highest BCUT2D eigenvalue weighted by atomic mass is 19.1. The van der Waals surface area contributed by atoms with Crippen LogP contribution in [0.1, 0.15) is 12.8 Å². The molecule has 3 rings (SSSR count). The van der Waals surface area contributed by atoms with E-state index in [1.807, 2.05) is 4.90 Å². The van der Waals surface area contributed by atoms with Crippen LogP contribution in [0, 0.1) is 5.82 Å². The van der Waals surface area contributed by atoms with E-state index in [1.54, 1.807) is 18.3 Å². The number of benzene rings is 1. The zero-order chi connectivity index (χ0) is 17.2. The van der Waals surface area contributed by atoms with Crippen LogP contribution in [0.2, 0.25) is 0 Å². The summed E-state index contributed by atoms with van der Waals surface area (Å²) >= 11 is 0. The van der Waals surface area contributed by atoms with E-state index in [4.69, 9.17) is 10.5 Å². The highest BCUT2D eigenvalue weighted by Crippen LogP contribution is 2.31. The van der Waals surface area contributed by atoms with Crippen molar-refractivity contribution in [1.29, 1.82) is 0 Å². The van der Waals surface area contributed by atoms with Gasteiger partial charge in [-0.25, -0.2) is 14.2 Å². The normalized spacial score (nSPS) is 16.6. The van der Waals surface area contributed by atoms with Crippen LogP contribution in [-0.4, -0.2) is 39.7 Å². The van der Waals surface area contributed by atoms with E-state index in [-0.39, 0.29) is 18.6 Å². The highest BCUT2D eigenvalue weighted by Gasteiger charge is 2.44. The molecule has 0 unspecified atom stereocenters. The van der Waals surface area contributed by atoms with Gasteiger partial charge in [-0.1, -0.05) is 6.07 Å². The lowest BCUT2D eigenvalue weighted by Crippen LogP contribution is -2.53. The number of hydrogen-bond donors (Lipinski definition) is 2. The smallest absolute Gasteiger partial charge is 0.348 e. The van der Waals surface area contributed by atoms with E-state index >= 15 is 0 Å². The first-order valence-electron chi connectivity index (χ1n) is 7.50. The van der Waals surface area contributed by atoms with Crippen molar-refractivity contribution in [2.24, 2.45) is 0 Å². The Morgan fingerprint density at radius 3 is 2.71 bits per heavy atom. The number of ether oxygens (including phenoxy) is 1. The number of halogens is 1. The van der Waals surface area contributed by atoms with E-state index in [9.17, 15) is 14.3 Å². The highest BCUT2D eigenvalue weighted by molar-refractivity contribution is 5.78. The molecule has 2 aromatic rings. The molecule has 0 atom stereocenters. The van der Waals surface area contributed by atoms with Crippen LogP contribution in [-0.2, 0) is 4.79 Å². The van der Waals surface area contributed by atoms with Crippen molar-refractivity contribution in [3.05, 3.63) is 42.3 Å². The summed E-state index contributed by atoms with van der Waals surface area (Å²) in [5, 5.41) is 9.63. The fraction of sp³-hybridized carbons (Fsp3) is 0.312. The number of aliphatic carboxylic acids is 1. The summed E-state index contributed by atoms with van der Waals surface area (Å²) < 4.78 is 19.0. The number of carbonyl (C=O) groups is 1. The van der Waals surface area contributed by atoms with Gasteiger partial charge in [0, 0.05) is 38.2 Å². The zero-order valence-corrected chi connectivity index (χ0v) is 12.9. The number of piperidine rings is 1. The minimum absolute atomic E-state index is 0.200. The van der Waals surface area contributed by atoms with E-state index in [0.29, 0.717) is 24.9 Å². The Morgan fingerprint density at radius 1 is 1.33 bits per heavy atom. The van der Waals surface area contributed by atoms with Crippen LogP contribution in [0.3, 0.4) is 0 Å². The van der Waals surface area contributed by atoms with Gasteiger partial charge in [-0.2, -0.15) is 4.98 Å². The summed E-state index contributed by atoms with van der Waals surface area (Å²) in [5.74, 6) is -0.532. The first kappa shape index (κ1) is 16.0. The van der Waals surface area contributed by atoms with Gasteiger partial charge in [-0.05, 0) is 18.2 Å². The van der Waals surface area contributed by atoms with Gasteiger partial charge < -0.3 is 20.5 Å². The first-order valence-corrected chi connectivity index (χ1v) is 7.50. The lowest BCUT2D eigenvalue weighted by Gasteiger charge is -2.38.